The minimum Gasteiger partial charge on any atom is -0.497 e. The zero-order chi connectivity index (χ0) is 24.2. The Hall–Kier alpha value is -2.93. The van der Waals surface area contributed by atoms with Gasteiger partial charge in [-0.05, 0) is 80.4 Å². The van der Waals surface area contributed by atoms with E-state index in [9.17, 15) is 9.18 Å². The van der Waals surface area contributed by atoms with Crippen LogP contribution in [0.5, 0.6) is 5.75 Å². The van der Waals surface area contributed by atoms with Crippen molar-refractivity contribution in [1.82, 2.24) is 15.4 Å². The Balaban J connectivity index is 1.08. The summed E-state index contributed by atoms with van der Waals surface area (Å²) in [5, 5.41) is 8.39. The Morgan fingerprint density at radius 1 is 1.11 bits per heavy atom. The minimum atomic E-state index is -0.293. The Bertz CT molecular complexity index is 1140. The molecule has 0 bridgehead atoms. The van der Waals surface area contributed by atoms with Crippen LogP contribution >= 0.6 is 0 Å². The molecule has 0 unspecified atom stereocenters. The van der Waals surface area contributed by atoms with Gasteiger partial charge in [-0.15, -0.1) is 0 Å². The van der Waals surface area contributed by atoms with Gasteiger partial charge in [-0.25, -0.2) is 4.39 Å². The van der Waals surface area contributed by atoms with Crippen LogP contribution in [0.1, 0.15) is 49.3 Å². The van der Waals surface area contributed by atoms with Gasteiger partial charge in [0.2, 0.25) is 5.91 Å². The minimum absolute atomic E-state index is 0.0846. The summed E-state index contributed by atoms with van der Waals surface area (Å²) in [6, 6.07) is 12.4. The summed E-state index contributed by atoms with van der Waals surface area (Å²) in [7, 11) is 1.64. The molecule has 2 aliphatic rings. The van der Waals surface area contributed by atoms with Crippen LogP contribution in [0.15, 0.2) is 47.0 Å². The van der Waals surface area contributed by atoms with Crippen LogP contribution in [0.25, 0.3) is 11.0 Å². The van der Waals surface area contributed by atoms with Gasteiger partial charge in [0, 0.05) is 30.5 Å². The Kier molecular flexibility index (Phi) is 7.32. The lowest BCUT2D eigenvalue weighted by Gasteiger charge is -2.34. The highest BCUT2D eigenvalue weighted by Crippen LogP contribution is 2.36. The maximum atomic E-state index is 13.5. The van der Waals surface area contributed by atoms with E-state index in [4.69, 9.17) is 9.26 Å². The number of halogens is 1. The third kappa shape index (κ3) is 5.67. The molecule has 186 valence electrons. The number of aromatic nitrogens is 1. The molecule has 1 aliphatic heterocycles. The number of amides is 1. The van der Waals surface area contributed by atoms with Crippen LogP contribution in [-0.4, -0.2) is 49.3 Å². The number of hydrogen-bond donors (Lipinski definition) is 1. The predicted octanol–water partition coefficient (Wildman–Crippen LogP) is 4.93. The molecule has 6 nitrogen and oxygen atoms in total. The molecule has 7 heteroatoms. The number of benzene rings is 2. The monoisotopic (exact) mass is 479 g/mol. The number of carbonyl (C=O) groups excluding carboxylic acids is 1. The number of fused-ring (bicyclic) bond motifs is 1. The molecule has 1 aliphatic carbocycles. The molecule has 35 heavy (non-hydrogen) atoms. The van der Waals surface area contributed by atoms with Crippen LogP contribution in [0.4, 0.5) is 4.39 Å². The second-order valence-electron chi connectivity index (χ2n) is 10.1. The molecule has 2 heterocycles. The maximum absolute atomic E-state index is 13.5. The maximum Gasteiger partial charge on any atom is 0.224 e. The first-order valence-electron chi connectivity index (χ1n) is 12.8. The lowest BCUT2D eigenvalue weighted by Crippen LogP contribution is -2.39. The Morgan fingerprint density at radius 2 is 1.89 bits per heavy atom. The lowest BCUT2D eigenvalue weighted by atomic mass is 9.89. The van der Waals surface area contributed by atoms with E-state index in [2.05, 4.69) is 15.4 Å². The second kappa shape index (κ2) is 10.8. The van der Waals surface area contributed by atoms with E-state index in [-0.39, 0.29) is 11.7 Å². The summed E-state index contributed by atoms with van der Waals surface area (Å²) in [5.74, 6) is 2.12. The van der Waals surface area contributed by atoms with E-state index in [0.717, 1.165) is 61.4 Å². The van der Waals surface area contributed by atoms with Gasteiger partial charge >= 0.3 is 0 Å². The normalized spacial score (nSPS) is 21.4. The van der Waals surface area contributed by atoms with E-state index in [1.807, 2.05) is 24.3 Å². The molecule has 0 spiro atoms. The van der Waals surface area contributed by atoms with Crippen molar-refractivity contribution in [2.75, 3.05) is 33.3 Å². The number of nitrogens with zero attached hydrogens (tertiary/aromatic N) is 2. The van der Waals surface area contributed by atoms with E-state index in [1.54, 1.807) is 13.2 Å². The van der Waals surface area contributed by atoms with Crippen molar-refractivity contribution < 1.29 is 18.4 Å². The quantitative estimate of drug-likeness (QED) is 0.496. The number of piperidine rings is 1. The van der Waals surface area contributed by atoms with Crippen LogP contribution in [0.2, 0.25) is 0 Å². The number of ether oxygens (including phenoxy) is 1. The number of methoxy groups -OCH3 is 1. The fourth-order valence-electron chi connectivity index (χ4n) is 5.80. The molecule has 1 N–H and O–H groups in total. The van der Waals surface area contributed by atoms with Gasteiger partial charge in [-0.1, -0.05) is 23.7 Å². The third-order valence-corrected chi connectivity index (χ3v) is 7.83. The highest BCUT2D eigenvalue weighted by Gasteiger charge is 2.31. The number of nitrogens with one attached hydrogen (secondary N) is 1. The summed E-state index contributed by atoms with van der Waals surface area (Å²) < 4.78 is 24.0. The van der Waals surface area contributed by atoms with Crippen molar-refractivity contribution in [2.24, 2.45) is 11.8 Å². The lowest BCUT2D eigenvalue weighted by molar-refractivity contribution is -0.120. The molecular formula is C28H34FN3O3. The third-order valence-electron chi connectivity index (χ3n) is 7.83. The van der Waals surface area contributed by atoms with Crippen molar-refractivity contribution in [2.45, 2.75) is 44.4 Å². The number of rotatable bonds is 8. The van der Waals surface area contributed by atoms with E-state index < -0.39 is 0 Å². The summed E-state index contributed by atoms with van der Waals surface area (Å²) in [6.45, 7) is 3.93. The molecule has 1 saturated heterocycles. The van der Waals surface area contributed by atoms with E-state index in [0.29, 0.717) is 29.8 Å². The van der Waals surface area contributed by atoms with Gasteiger partial charge in [0.05, 0.1) is 19.2 Å². The second-order valence-corrected chi connectivity index (χ2v) is 10.1. The Morgan fingerprint density at radius 3 is 2.66 bits per heavy atom. The summed E-state index contributed by atoms with van der Waals surface area (Å²) in [4.78, 5) is 15.1. The molecule has 2 atom stereocenters. The first-order valence-corrected chi connectivity index (χ1v) is 12.8. The molecule has 5 rings (SSSR count). The molecule has 0 radical (unpaired) electrons. The summed E-state index contributed by atoms with van der Waals surface area (Å²) >= 11 is 0. The predicted molar refractivity (Wildman–Crippen MR) is 133 cm³/mol. The standard InChI is InChI=1S/C28H34FN3O3/c1-34-24-8-5-19(6-9-24)15-27(33)30-17-21-3-2-4-22(21)18-32-13-11-20(12-14-32)28-25-10-7-23(29)16-26(25)35-31-28/h5-10,16,20-22H,2-4,11-15,17-18H2,1H3,(H,30,33)/t21-,22-/m1/s1. The molecular weight excluding hydrogens is 445 g/mol. The first kappa shape index (κ1) is 23.8. The molecule has 2 fully saturated rings. The molecule has 1 amide bonds. The summed E-state index contributed by atoms with van der Waals surface area (Å²) in [6.07, 6.45) is 6.13. The number of carbonyl (C=O) groups is 1. The van der Waals surface area contributed by atoms with Gasteiger partial charge in [-0.3, -0.25) is 4.79 Å². The van der Waals surface area contributed by atoms with Gasteiger partial charge in [-0.2, -0.15) is 0 Å². The summed E-state index contributed by atoms with van der Waals surface area (Å²) in [5.41, 5.74) is 2.50. The van der Waals surface area contributed by atoms with Crippen molar-refractivity contribution in [1.29, 1.82) is 0 Å². The SMILES string of the molecule is COc1ccc(CC(=O)NC[C@H]2CCC[C@@H]2CN2CCC(c3noc4cc(F)ccc34)CC2)cc1. The fraction of sp³-hybridized carbons (Fsp3) is 0.500. The van der Waals surface area contributed by atoms with Crippen LogP contribution < -0.4 is 10.1 Å². The van der Waals surface area contributed by atoms with Crippen molar-refractivity contribution >= 4 is 16.9 Å². The van der Waals surface area contributed by atoms with E-state index >= 15 is 0 Å². The van der Waals surface area contributed by atoms with Crippen LogP contribution in [-0.2, 0) is 11.2 Å². The highest BCUT2D eigenvalue weighted by atomic mass is 19.1. The average Bonchev–Trinajstić information content (AvgIpc) is 3.50. The Labute approximate surface area is 205 Å². The number of likely N-dealkylation sites (tertiary alicyclic amines) is 1. The van der Waals surface area contributed by atoms with Crippen molar-refractivity contribution in [3.05, 3.63) is 59.5 Å². The van der Waals surface area contributed by atoms with Crippen molar-refractivity contribution in [3.63, 3.8) is 0 Å². The fourth-order valence-corrected chi connectivity index (χ4v) is 5.80. The van der Waals surface area contributed by atoms with Crippen LogP contribution in [0.3, 0.4) is 0 Å². The number of hydrogen-bond acceptors (Lipinski definition) is 5. The topological polar surface area (TPSA) is 67.6 Å². The van der Waals surface area contributed by atoms with Crippen molar-refractivity contribution in [3.8, 4) is 5.75 Å². The first-order chi connectivity index (χ1) is 17.1. The molecule has 1 saturated carbocycles. The van der Waals surface area contributed by atoms with E-state index in [1.165, 1.54) is 31.4 Å². The average molecular weight is 480 g/mol. The molecule has 3 aromatic rings. The van der Waals surface area contributed by atoms with Crippen LogP contribution in [0, 0.1) is 17.7 Å². The highest BCUT2D eigenvalue weighted by molar-refractivity contribution is 5.80. The van der Waals surface area contributed by atoms with Gasteiger partial charge < -0.3 is 19.5 Å². The largest absolute Gasteiger partial charge is 0.497 e. The van der Waals surface area contributed by atoms with Gasteiger partial charge in [0.1, 0.15) is 11.6 Å². The van der Waals surface area contributed by atoms with Gasteiger partial charge in [0.15, 0.2) is 5.58 Å². The smallest absolute Gasteiger partial charge is 0.224 e. The zero-order valence-corrected chi connectivity index (χ0v) is 20.3. The molecule has 2 aromatic carbocycles. The van der Waals surface area contributed by atoms with Gasteiger partial charge in [0.25, 0.3) is 0 Å². The zero-order valence-electron chi connectivity index (χ0n) is 20.3. The molecule has 1 aromatic heterocycles.